The minimum atomic E-state index is -0.315. The lowest BCUT2D eigenvalue weighted by molar-refractivity contribution is 0.0952. The summed E-state index contributed by atoms with van der Waals surface area (Å²) in [5.74, 6) is 0.659. The van der Waals surface area contributed by atoms with Gasteiger partial charge in [0.2, 0.25) is 0 Å². The second kappa shape index (κ2) is 8.57. The number of anilines is 1. The lowest BCUT2D eigenvalue weighted by atomic mass is 9.79. The molecule has 0 fully saturated rings. The third-order valence-corrected chi connectivity index (χ3v) is 6.01. The van der Waals surface area contributed by atoms with Gasteiger partial charge in [-0.2, -0.15) is 5.10 Å². The zero-order valence-corrected chi connectivity index (χ0v) is 19.2. The topological polar surface area (TPSA) is 53.9 Å². The number of nitrogens with one attached hydrogen (secondary N) is 1. The average molecular weight is 458 g/mol. The average Bonchev–Trinajstić information content (AvgIpc) is 2.67. The lowest BCUT2D eigenvalue weighted by Crippen LogP contribution is -2.48. The molecule has 0 unspecified atom stereocenters. The molecular formula is C23H28BrN3O2. The maximum atomic E-state index is 12.5. The first-order valence-electron chi connectivity index (χ1n) is 9.85. The molecule has 3 rings (SSSR count). The Hall–Kier alpha value is -2.34. The molecule has 1 heterocycles. The number of ether oxygens (including phenoxy) is 1. The van der Waals surface area contributed by atoms with Crippen molar-refractivity contribution in [2.45, 2.75) is 45.6 Å². The Morgan fingerprint density at radius 3 is 2.79 bits per heavy atom. The van der Waals surface area contributed by atoms with Crippen molar-refractivity contribution in [3.8, 4) is 5.75 Å². The molecule has 2 aromatic rings. The third-order valence-electron chi connectivity index (χ3n) is 5.51. The van der Waals surface area contributed by atoms with E-state index in [0.717, 1.165) is 23.0 Å². The van der Waals surface area contributed by atoms with Crippen molar-refractivity contribution < 1.29 is 9.53 Å². The Morgan fingerprint density at radius 2 is 2.10 bits per heavy atom. The number of amides is 1. The quantitative estimate of drug-likeness (QED) is 0.487. The number of methoxy groups -OCH3 is 1. The van der Waals surface area contributed by atoms with Crippen molar-refractivity contribution in [3.63, 3.8) is 0 Å². The van der Waals surface area contributed by atoms with Gasteiger partial charge in [-0.05, 0) is 74.6 Å². The molecule has 1 aliphatic rings. The molecule has 0 aliphatic carbocycles. The molecule has 1 aliphatic heterocycles. The number of halogens is 1. The van der Waals surface area contributed by atoms with Gasteiger partial charge in [-0.25, -0.2) is 5.43 Å². The van der Waals surface area contributed by atoms with E-state index in [2.05, 4.69) is 71.2 Å². The van der Waals surface area contributed by atoms with Crippen molar-refractivity contribution in [1.29, 1.82) is 0 Å². The lowest BCUT2D eigenvalue weighted by Gasteiger charge is -2.47. The highest BCUT2D eigenvalue weighted by Crippen LogP contribution is 2.43. The molecule has 0 spiro atoms. The molecule has 0 saturated carbocycles. The van der Waals surface area contributed by atoms with Crippen molar-refractivity contribution >= 4 is 33.7 Å². The summed E-state index contributed by atoms with van der Waals surface area (Å²) in [5.41, 5.74) is 6.75. The van der Waals surface area contributed by atoms with Crippen LogP contribution in [0, 0.1) is 0 Å². The molecule has 1 amide bonds. The van der Waals surface area contributed by atoms with Crippen LogP contribution in [0.4, 0.5) is 5.69 Å². The summed E-state index contributed by atoms with van der Waals surface area (Å²) < 4.78 is 6.06. The third kappa shape index (κ3) is 4.47. The van der Waals surface area contributed by atoms with E-state index < -0.39 is 0 Å². The second-order valence-corrected chi connectivity index (χ2v) is 8.94. The summed E-state index contributed by atoms with van der Waals surface area (Å²) in [5, 5.41) is 4.16. The van der Waals surface area contributed by atoms with Gasteiger partial charge in [0, 0.05) is 22.2 Å². The molecule has 1 N–H and O–H groups in total. The first-order valence-corrected chi connectivity index (χ1v) is 10.6. The van der Waals surface area contributed by atoms with Crippen LogP contribution in [0.15, 0.2) is 46.0 Å². The van der Waals surface area contributed by atoms with E-state index in [-0.39, 0.29) is 11.4 Å². The monoisotopic (exact) mass is 457 g/mol. The Labute approximate surface area is 181 Å². The van der Waals surface area contributed by atoms with Crippen molar-refractivity contribution in [2.24, 2.45) is 5.10 Å². The van der Waals surface area contributed by atoms with Crippen LogP contribution in [0.1, 0.15) is 61.5 Å². The predicted octanol–water partition coefficient (Wildman–Crippen LogP) is 5.33. The first-order chi connectivity index (χ1) is 13.8. The van der Waals surface area contributed by atoms with Crippen LogP contribution in [-0.4, -0.2) is 31.3 Å². The minimum Gasteiger partial charge on any atom is -0.496 e. The van der Waals surface area contributed by atoms with Gasteiger partial charge in [0.25, 0.3) is 5.91 Å². The molecular weight excluding hydrogens is 430 g/mol. The van der Waals surface area contributed by atoms with Gasteiger partial charge in [0.05, 0.1) is 18.9 Å². The maximum absolute atomic E-state index is 12.5. The van der Waals surface area contributed by atoms with Crippen LogP contribution < -0.4 is 15.1 Å². The number of hydrogen-bond acceptors (Lipinski definition) is 4. The number of benzene rings is 2. The largest absolute Gasteiger partial charge is 0.496 e. The number of hydrazone groups is 1. The van der Waals surface area contributed by atoms with Gasteiger partial charge < -0.3 is 9.64 Å². The Balaban J connectivity index is 1.78. The van der Waals surface area contributed by atoms with Crippen LogP contribution >= 0.6 is 15.9 Å². The van der Waals surface area contributed by atoms with Crippen molar-refractivity contribution in [1.82, 2.24) is 5.43 Å². The van der Waals surface area contributed by atoms with Gasteiger partial charge in [0.15, 0.2) is 0 Å². The van der Waals surface area contributed by atoms with Gasteiger partial charge >= 0.3 is 0 Å². The van der Waals surface area contributed by atoms with E-state index >= 15 is 0 Å². The van der Waals surface area contributed by atoms with Crippen LogP contribution in [0.25, 0.3) is 0 Å². The summed E-state index contributed by atoms with van der Waals surface area (Å²) in [7, 11) is 1.54. The zero-order chi connectivity index (χ0) is 21.2. The van der Waals surface area contributed by atoms with Gasteiger partial charge in [-0.1, -0.05) is 28.9 Å². The van der Waals surface area contributed by atoms with Crippen LogP contribution in [0.3, 0.4) is 0 Å². The van der Waals surface area contributed by atoms with E-state index in [4.69, 9.17) is 4.74 Å². The molecule has 6 heteroatoms. The minimum absolute atomic E-state index is 0.147. The highest BCUT2D eigenvalue weighted by atomic mass is 79.9. The van der Waals surface area contributed by atoms with E-state index in [9.17, 15) is 4.79 Å². The van der Waals surface area contributed by atoms with E-state index in [0.29, 0.717) is 17.2 Å². The number of carbonyl (C=O) groups excluding carboxylic acids is 1. The normalized spacial score (nSPS) is 17.9. The van der Waals surface area contributed by atoms with E-state index in [1.54, 1.807) is 25.5 Å². The Morgan fingerprint density at radius 1 is 1.34 bits per heavy atom. The standard InChI is InChI=1S/C23H28BrN3O2/c1-6-27-20-9-7-16(11-18(20)15(2)13-23(27,3)4)14-25-26-22(28)19-12-17(24)8-10-21(19)29-5/h7-12,14-15H,6,13H2,1-5H3,(H,26,28)/b25-14-/t15-/m1/s1. The Kier molecular flexibility index (Phi) is 6.32. The van der Waals surface area contributed by atoms with Gasteiger partial charge in [-0.3, -0.25) is 4.79 Å². The smallest absolute Gasteiger partial charge is 0.275 e. The van der Waals surface area contributed by atoms with Gasteiger partial charge in [-0.15, -0.1) is 0 Å². The molecule has 0 saturated heterocycles. The predicted molar refractivity (Wildman–Crippen MR) is 122 cm³/mol. The number of hydrogen-bond donors (Lipinski definition) is 1. The van der Waals surface area contributed by atoms with Gasteiger partial charge in [0.1, 0.15) is 5.75 Å². The first kappa shape index (κ1) is 21.4. The molecule has 154 valence electrons. The fraction of sp³-hybridized carbons (Fsp3) is 0.391. The molecule has 2 aromatic carbocycles. The van der Waals surface area contributed by atoms with Crippen LogP contribution in [0.5, 0.6) is 5.75 Å². The van der Waals surface area contributed by atoms with E-state index in [1.807, 2.05) is 12.1 Å². The fourth-order valence-corrected chi connectivity index (χ4v) is 4.63. The molecule has 5 nitrogen and oxygen atoms in total. The highest BCUT2D eigenvalue weighted by Gasteiger charge is 2.35. The van der Waals surface area contributed by atoms with Crippen LogP contribution in [0.2, 0.25) is 0 Å². The highest BCUT2D eigenvalue weighted by molar-refractivity contribution is 9.10. The molecule has 1 atom stereocenters. The van der Waals surface area contributed by atoms with Crippen molar-refractivity contribution in [3.05, 3.63) is 57.6 Å². The van der Waals surface area contributed by atoms with E-state index in [1.165, 1.54) is 11.3 Å². The number of carbonyl (C=O) groups is 1. The number of fused-ring (bicyclic) bond motifs is 1. The number of rotatable bonds is 5. The molecule has 0 bridgehead atoms. The molecule has 0 radical (unpaired) electrons. The maximum Gasteiger partial charge on any atom is 0.275 e. The zero-order valence-electron chi connectivity index (χ0n) is 17.6. The molecule has 29 heavy (non-hydrogen) atoms. The summed E-state index contributed by atoms with van der Waals surface area (Å²) >= 11 is 3.38. The summed E-state index contributed by atoms with van der Waals surface area (Å²) in [6.07, 6.45) is 2.79. The fourth-order valence-electron chi connectivity index (χ4n) is 4.27. The second-order valence-electron chi connectivity index (χ2n) is 8.02. The number of nitrogens with zero attached hydrogens (tertiary/aromatic N) is 2. The van der Waals surface area contributed by atoms with Crippen molar-refractivity contribution in [2.75, 3.05) is 18.6 Å². The summed E-state index contributed by atoms with van der Waals surface area (Å²) in [6, 6.07) is 11.7. The summed E-state index contributed by atoms with van der Waals surface area (Å²) in [6.45, 7) is 10.1. The summed E-state index contributed by atoms with van der Waals surface area (Å²) in [4.78, 5) is 14.9. The Bertz CT molecular complexity index is 940. The SMILES string of the molecule is CCN1c2ccc(/C=N\NC(=O)c3cc(Br)ccc3OC)cc2[C@H](C)CC1(C)C. The molecule has 0 aromatic heterocycles. The van der Waals surface area contributed by atoms with Crippen LogP contribution in [-0.2, 0) is 0 Å².